The number of likely N-dealkylation sites (tertiary alicyclic amines) is 1. The van der Waals surface area contributed by atoms with Crippen LogP contribution >= 0.6 is 0 Å². The van der Waals surface area contributed by atoms with Crippen molar-refractivity contribution in [2.45, 2.75) is 58.2 Å². The zero-order valence-corrected chi connectivity index (χ0v) is 21.9. The molecule has 1 unspecified atom stereocenters. The number of methoxy groups -OCH3 is 1. The van der Waals surface area contributed by atoms with Crippen LogP contribution in [0.1, 0.15) is 56.5 Å². The van der Waals surface area contributed by atoms with Crippen molar-refractivity contribution in [3.05, 3.63) is 59.8 Å². The van der Waals surface area contributed by atoms with Gasteiger partial charge in [-0.25, -0.2) is 10.6 Å². The molecule has 0 aromatic heterocycles. The lowest BCUT2D eigenvalue weighted by atomic mass is 9.91. The topological polar surface area (TPSA) is 99.3 Å². The Bertz CT molecular complexity index is 885. The molecule has 1 saturated heterocycles. The molecule has 3 N–H and O–H groups in total. The summed E-state index contributed by atoms with van der Waals surface area (Å²) < 4.78 is 5.85. The van der Waals surface area contributed by atoms with E-state index in [4.69, 9.17) is 15.7 Å². The Morgan fingerprint density at radius 2 is 1.94 bits per heavy atom. The molecule has 1 aromatic rings. The van der Waals surface area contributed by atoms with Crippen LogP contribution in [-0.2, 0) is 16.1 Å². The first-order chi connectivity index (χ1) is 16.4. The van der Waals surface area contributed by atoms with Crippen molar-refractivity contribution in [1.82, 2.24) is 14.8 Å². The second-order valence-corrected chi connectivity index (χ2v) is 10.6. The zero-order valence-electron chi connectivity index (χ0n) is 21.9. The molecule has 1 aliphatic heterocycles. The maximum Gasteiger partial charge on any atom is 0.335 e. The molecule has 0 radical (unpaired) electrons. The van der Waals surface area contributed by atoms with Gasteiger partial charge in [0.15, 0.2) is 0 Å². The number of carbonyl (C=O) groups is 2. The molecule has 1 heterocycles. The lowest BCUT2D eigenvalue weighted by Crippen LogP contribution is -2.67. The van der Waals surface area contributed by atoms with Gasteiger partial charge >= 0.3 is 5.97 Å². The summed E-state index contributed by atoms with van der Waals surface area (Å²) >= 11 is 0. The van der Waals surface area contributed by atoms with E-state index < -0.39 is 11.6 Å². The van der Waals surface area contributed by atoms with Crippen molar-refractivity contribution in [2.75, 3.05) is 33.3 Å². The fourth-order valence-electron chi connectivity index (χ4n) is 4.12. The van der Waals surface area contributed by atoms with Crippen LogP contribution in [0.3, 0.4) is 0 Å². The Kier molecular flexibility index (Phi) is 10.1. The van der Waals surface area contributed by atoms with Crippen molar-refractivity contribution in [1.29, 1.82) is 0 Å². The lowest BCUT2D eigenvalue weighted by molar-refractivity contribution is -0.147. The number of nitrogens with zero attached hydrogens (tertiary/aromatic N) is 3. The number of carbonyl (C=O) groups excluding carboxylic acids is 1. The number of hydrogen-bond donors (Lipinski definition) is 2. The molecule has 1 aromatic carbocycles. The highest BCUT2D eigenvalue weighted by atomic mass is 16.5. The molecule has 0 spiro atoms. The van der Waals surface area contributed by atoms with E-state index in [9.17, 15) is 9.59 Å². The highest BCUT2D eigenvalue weighted by Gasteiger charge is 2.44. The van der Waals surface area contributed by atoms with E-state index in [0.29, 0.717) is 19.0 Å². The Morgan fingerprint density at radius 3 is 2.43 bits per heavy atom. The number of carboxylic acids is 1. The molecule has 1 atom stereocenters. The summed E-state index contributed by atoms with van der Waals surface area (Å²) in [4.78, 5) is 26.8. The molecular formula is C27H42N4O4. The SMILES string of the molecule is C=CC(C)C/C(=C\N(N)C(C)(C)C)CCN1CC(CN(C=O)Cc2ccc(C(=O)O)cc2)(OC)C1. The standard InChI is InChI=1S/C27H42N4O4/c1-7-21(2)14-23(16-31(28)26(3,4)5)12-13-29-17-27(18-29,35-6)19-30(20-32)15-22-8-10-24(11-9-22)25(33)34/h7-11,16,20-21H,1,12-15,17-19,28H2,2-6H3,(H,33,34)/b23-16-. The third-order valence-corrected chi connectivity index (χ3v) is 6.52. The molecule has 1 fully saturated rings. The largest absolute Gasteiger partial charge is 0.478 e. The summed E-state index contributed by atoms with van der Waals surface area (Å²) in [6.45, 7) is 15.6. The summed E-state index contributed by atoms with van der Waals surface area (Å²) in [5, 5.41) is 10.8. The van der Waals surface area contributed by atoms with Crippen LogP contribution in [0.25, 0.3) is 0 Å². The van der Waals surface area contributed by atoms with Gasteiger partial charge in [-0.05, 0) is 57.2 Å². The smallest absolute Gasteiger partial charge is 0.335 e. The second-order valence-electron chi connectivity index (χ2n) is 10.6. The molecule has 194 valence electrons. The van der Waals surface area contributed by atoms with Gasteiger partial charge in [0.1, 0.15) is 5.60 Å². The van der Waals surface area contributed by atoms with Crippen LogP contribution in [0.4, 0.5) is 0 Å². The molecule has 2 rings (SSSR count). The fourth-order valence-corrected chi connectivity index (χ4v) is 4.12. The highest BCUT2D eigenvalue weighted by molar-refractivity contribution is 5.87. The molecule has 35 heavy (non-hydrogen) atoms. The van der Waals surface area contributed by atoms with Gasteiger partial charge < -0.3 is 19.8 Å². The number of allylic oxidation sites excluding steroid dienone is 1. The van der Waals surface area contributed by atoms with E-state index in [1.165, 1.54) is 5.57 Å². The fraction of sp³-hybridized carbons (Fsp3) is 0.556. The van der Waals surface area contributed by atoms with Crippen LogP contribution in [-0.4, -0.2) is 76.7 Å². The van der Waals surface area contributed by atoms with Gasteiger partial charge in [0.05, 0.1) is 12.1 Å². The number of carboxylic acid groups (broad SMARTS) is 1. The molecule has 8 heteroatoms. The number of benzene rings is 1. The first kappa shape index (κ1) is 28.6. The van der Waals surface area contributed by atoms with Crippen LogP contribution in [0.2, 0.25) is 0 Å². The number of nitrogens with two attached hydrogens (primary N) is 1. The highest BCUT2D eigenvalue weighted by Crippen LogP contribution is 2.28. The molecule has 0 aliphatic carbocycles. The number of amides is 1. The van der Waals surface area contributed by atoms with E-state index >= 15 is 0 Å². The minimum Gasteiger partial charge on any atom is -0.478 e. The number of hydrogen-bond acceptors (Lipinski definition) is 6. The summed E-state index contributed by atoms with van der Waals surface area (Å²) in [7, 11) is 1.69. The van der Waals surface area contributed by atoms with E-state index in [1.54, 1.807) is 41.3 Å². The predicted molar refractivity (Wildman–Crippen MR) is 139 cm³/mol. The molecule has 1 amide bonds. The monoisotopic (exact) mass is 486 g/mol. The van der Waals surface area contributed by atoms with Gasteiger partial charge in [0.2, 0.25) is 6.41 Å². The van der Waals surface area contributed by atoms with Crippen LogP contribution in [0, 0.1) is 5.92 Å². The summed E-state index contributed by atoms with van der Waals surface area (Å²) in [5.74, 6) is 5.68. The average Bonchev–Trinajstić information content (AvgIpc) is 2.78. The first-order valence-corrected chi connectivity index (χ1v) is 12.1. The number of aromatic carboxylic acids is 1. The Labute approximate surface area is 210 Å². The van der Waals surface area contributed by atoms with Crippen LogP contribution in [0.15, 0.2) is 48.7 Å². The maximum absolute atomic E-state index is 11.8. The average molecular weight is 487 g/mol. The van der Waals surface area contributed by atoms with Crippen LogP contribution in [0.5, 0.6) is 0 Å². The van der Waals surface area contributed by atoms with Crippen molar-refractivity contribution in [2.24, 2.45) is 11.8 Å². The normalized spacial score (nSPS) is 16.8. The van der Waals surface area contributed by atoms with Gasteiger partial charge in [-0.1, -0.05) is 30.7 Å². The van der Waals surface area contributed by atoms with Gasteiger partial charge in [-0.15, -0.1) is 6.58 Å². The Hall–Kier alpha value is -2.68. The summed E-state index contributed by atoms with van der Waals surface area (Å²) in [6.07, 6.45) is 6.67. The summed E-state index contributed by atoms with van der Waals surface area (Å²) in [5.41, 5.74) is 1.82. The van der Waals surface area contributed by atoms with E-state index in [0.717, 1.165) is 44.4 Å². The van der Waals surface area contributed by atoms with E-state index in [-0.39, 0.29) is 11.1 Å². The molecule has 8 nitrogen and oxygen atoms in total. The van der Waals surface area contributed by atoms with Crippen molar-refractivity contribution in [3.8, 4) is 0 Å². The molecule has 0 saturated carbocycles. The lowest BCUT2D eigenvalue weighted by Gasteiger charge is -2.50. The summed E-state index contributed by atoms with van der Waals surface area (Å²) in [6, 6.07) is 6.59. The zero-order chi connectivity index (χ0) is 26.2. The molecule has 1 aliphatic rings. The van der Waals surface area contributed by atoms with Crippen LogP contribution < -0.4 is 5.84 Å². The quantitative estimate of drug-likeness (QED) is 0.180. The maximum atomic E-state index is 11.8. The Morgan fingerprint density at radius 1 is 1.31 bits per heavy atom. The molecular weight excluding hydrogens is 444 g/mol. The second kappa shape index (κ2) is 12.3. The van der Waals surface area contributed by atoms with Crippen molar-refractivity contribution >= 4 is 12.4 Å². The van der Waals surface area contributed by atoms with Crippen molar-refractivity contribution in [3.63, 3.8) is 0 Å². The van der Waals surface area contributed by atoms with E-state index in [1.807, 2.05) is 6.08 Å². The van der Waals surface area contributed by atoms with Gasteiger partial charge in [0, 0.05) is 45.0 Å². The first-order valence-electron chi connectivity index (χ1n) is 12.1. The predicted octanol–water partition coefficient (Wildman–Crippen LogP) is 3.50. The van der Waals surface area contributed by atoms with Crippen molar-refractivity contribution < 1.29 is 19.4 Å². The number of hydrazine groups is 1. The Balaban J connectivity index is 1.95. The third kappa shape index (κ3) is 8.49. The minimum atomic E-state index is -0.966. The van der Waals surface area contributed by atoms with Gasteiger partial charge in [-0.2, -0.15) is 0 Å². The van der Waals surface area contributed by atoms with Gasteiger partial charge in [0.25, 0.3) is 0 Å². The minimum absolute atomic E-state index is 0.156. The number of rotatable bonds is 14. The number of ether oxygens (including phenoxy) is 1. The van der Waals surface area contributed by atoms with Gasteiger partial charge in [-0.3, -0.25) is 9.69 Å². The third-order valence-electron chi connectivity index (χ3n) is 6.52. The molecule has 0 bridgehead atoms. The van der Waals surface area contributed by atoms with E-state index in [2.05, 4.69) is 45.4 Å².